The molecule has 0 N–H and O–H groups in total. The fourth-order valence-electron chi connectivity index (χ4n) is 5.42. The molecule has 4 heterocycles. The van der Waals surface area contributed by atoms with Gasteiger partial charge in [-0.1, -0.05) is 6.42 Å². The van der Waals surface area contributed by atoms with E-state index in [0.29, 0.717) is 17.8 Å². The highest BCUT2D eigenvalue weighted by Crippen LogP contribution is 2.29. The van der Waals surface area contributed by atoms with E-state index in [-0.39, 0.29) is 5.91 Å². The largest absolute Gasteiger partial charge is 0.375 e. The summed E-state index contributed by atoms with van der Waals surface area (Å²) < 4.78 is 6.48. The molecule has 0 spiro atoms. The Morgan fingerprint density at radius 3 is 2.07 bits per heavy atom. The topological polar surface area (TPSA) is 48.9 Å². The first-order valence-electron chi connectivity index (χ1n) is 12.2. The summed E-state index contributed by atoms with van der Waals surface area (Å²) in [5.74, 6) is 1.11. The van der Waals surface area contributed by atoms with E-state index in [1.807, 2.05) is 17.0 Å². The summed E-state index contributed by atoms with van der Waals surface area (Å²) in [6.45, 7) is 6.18. The molecular weight excluding hydrogens is 376 g/mol. The van der Waals surface area contributed by atoms with E-state index in [1.54, 1.807) is 6.20 Å². The molecule has 0 bridgehead atoms. The maximum Gasteiger partial charge on any atom is 0.255 e. The number of piperidine rings is 2. The molecule has 5 rings (SSSR count). The number of nitrogens with zero attached hydrogens (tertiary/aromatic N) is 4. The van der Waals surface area contributed by atoms with Gasteiger partial charge >= 0.3 is 0 Å². The molecule has 0 aromatic carbocycles. The molecule has 1 saturated carbocycles. The number of carbonyl (C=O) groups excluding carboxylic acids is 1. The molecule has 1 aromatic rings. The Morgan fingerprint density at radius 2 is 1.50 bits per heavy atom. The van der Waals surface area contributed by atoms with E-state index in [9.17, 15) is 4.79 Å². The van der Waals surface area contributed by atoms with Crippen LogP contribution in [0.15, 0.2) is 18.3 Å². The monoisotopic (exact) mass is 412 g/mol. The maximum atomic E-state index is 12.5. The molecule has 4 fully saturated rings. The molecule has 6 heteroatoms. The minimum absolute atomic E-state index is 0.127. The summed E-state index contributed by atoms with van der Waals surface area (Å²) in [4.78, 5) is 24.1. The number of pyridine rings is 1. The summed E-state index contributed by atoms with van der Waals surface area (Å²) in [5.41, 5.74) is 0.715. The summed E-state index contributed by atoms with van der Waals surface area (Å²) in [6.07, 6.45) is 13.6. The highest BCUT2D eigenvalue weighted by Gasteiger charge is 2.31. The van der Waals surface area contributed by atoms with Crippen LogP contribution >= 0.6 is 0 Å². The SMILES string of the molecule is O=C(c1ccc(N2CCC(OC3CCN(C4CCC4)CC3)CC2)nc1)N1CCCC1. The van der Waals surface area contributed by atoms with Gasteiger partial charge in [-0.3, -0.25) is 4.79 Å². The summed E-state index contributed by atoms with van der Waals surface area (Å²) >= 11 is 0. The summed E-state index contributed by atoms with van der Waals surface area (Å²) in [7, 11) is 0. The van der Waals surface area contributed by atoms with Gasteiger partial charge in [-0.15, -0.1) is 0 Å². The van der Waals surface area contributed by atoms with Crippen LogP contribution in [-0.2, 0) is 4.74 Å². The summed E-state index contributed by atoms with van der Waals surface area (Å²) in [5, 5.41) is 0. The zero-order valence-corrected chi connectivity index (χ0v) is 18.2. The predicted molar refractivity (Wildman–Crippen MR) is 118 cm³/mol. The van der Waals surface area contributed by atoms with Gasteiger partial charge in [0.15, 0.2) is 0 Å². The number of likely N-dealkylation sites (tertiary alicyclic amines) is 2. The van der Waals surface area contributed by atoms with Crippen molar-refractivity contribution in [1.29, 1.82) is 0 Å². The van der Waals surface area contributed by atoms with Crippen LogP contribution in [0.25, 0.3) is 0 Å². The molecule has 0 unspecified atom stereocenters. The van der Waals surface area contributed by atoms with Crippen LogP contribution in [0.2, 0.25) is 0 Å². The van der Waals surface area contributed by atoms with Crippen LogP contribution in [0.4, 0.5) is 5.82 Å². The van der Waals surface area contributed by atoms with Gasteiger partial charge in [0.05, 0.1) is 17.8 Å². The second kappa shape index (κ2) is 9.23. The van der Waals surface area contributed by atoms with Gasteiger partial charge in [0.1, 0.15) is 5.82 Å². The molecule has 30 heavy (non-hydrogen) atoms. The van der Waals surface area contributed by atoms with E-state index in [2.05, 4.69) is 14.8 Å². The number of anilines is 1. The van der Waals surface area contributed by atoms with Gasteiger partial charge in [-0.2, -0.15) is 0 Å². The number of hydrogen-bond acceptors (Lipinski definition) is 5. The maximum absolute atomic E-state index is 12.5. The van der Waals surface area contributed by atoms with Gasteiger partial charge < -0.3 is 19.4 Å². The van der Waals surface area contributed by atoms with Crippen molar-refractivity contribution in [3.63, 3.8) is 0 Å². The molecule has 1 aliphatic carbocycles. The first kappa shape index (κ1) is 20.3. The van der Waals surface area contributed by atoms with Gasteiger partial charge in [0.25, 0.3) is 5.91 Å². The summed E-state index contributed by atoms with van der Waals surface area (Å²) in [6, 6.07) is 4.83. The molecule has 164 valence electrons. The Hall–Kier alpha value is -1.66. The Morgan fingerprint density at radius 1 is 0.833 bits per heavy atom. The molecule has 0 radical (unpaired) electrons. The number of hydrogen-bond donors (Lipinski definition) is 0. The van der Waals surface area contributed by atoms with Gasteiger partial charge in [0, 0.05) is 51.5 Å². The fraction of sp³-hybridized carbons (Fsp3) is 0.750. The van der Waals surface area contributed by atoms with Crippen molar-refractivity contribution in [3.8, 4) is 0 Å². The van der Waals surface area contributed by atoms with Crippen molar-refractivity contribution >= 4 is 11.7 Å². The lowest BCUT2D eigenvalue weighted by molar-refractivity contribution is -0.0598. The first-order valence-corrected chi connectivity index (χ1v) is 12.2. The van der Waals surface area contributed by atoms with E-state index >= 15 is 0 Å². The smallest absolute Gasteiger partial charge is 0.255 e. The van der Waals surface area contributed by atoms with Gasteiger partial charge in [-0.05, 0) is 63.5 Å². The zero-order chi connectivity index (χ0) is 20.3. The lowest BCUT2D eigenvalue weighted by Gasteiger charge is -2.42. The van der Waals surface area contributed by atoms with Gasteiger partial charge in [0.2, 0.25) is 0 Å². The molecular formula is C24H36N4O2. The zero-order valence-electron chi connectivity index (χ0n) is 18.2. The first-order chi connectivity index (χ1) is 14.8. The fourth-order valence-corrected chi connectivity index (χ4v) is 5.42. The highest BCUT2D eigenvalue weighted by molar-refractivity contribution is 5.94. The lowest BCUT2D eigenvalue weighted by atomic mass is 9.89. The third-order valence-corrected chi connectivity index (χ3v) is 7.61. The van der Waals surface area contributed by atoms with Crippen molar-refractivity contribution in [2.45, 2.75) is 76.0 Å². The number of aromatic nitrogens is 1. The normalized spacial score (nSPS) is 24.9. The quantitative estimate of drug-likeness (QED) is 0.743. The number of ether oxygens (including phenoxy) is 1. The number of amides is 1. The van der Waals surface area contributed by atoms with Crippen LogP contribution in [0, 0.1) is 0 Å². The predicted octanol–water partition coefficient (Wildman–Crippen LogP) is 3.32. The second-order valence-electron chi connectivity index (χ2n) is 9.55. The second-order valence-corrected chi connectivity index (χ2v) is 9.55. The average Bonchev–Trinajstić information content (AvgIpc) is 3.29. The molecule has 6 nitrogen and oxygen atoms in total. The van der Waals surface area contributed by atoms with Crippen LogP contribution in [0.1, 0.15) is 68.1 Å². The van der Waals surface area contributed by atoms with Crippen LogP contribution in [0.3, 0.4) is 0 Å². The van der Waals surface area contributed by atoms with Crippen molar-refractivity contribution in [1.82, 2.24) is 14.8 Å². The molecule has 3 saturated heterocycles. The standard InChI is InChI=1S/C24H36N4O2/c29-24(28-12-1-2-13-28)19-6-7-23(25-18-19)27-16-10-22(11-17-27)30-21-8-14-26(15-9-21)20-4-3-5-20/h6-7,18,20-22H,1-5,8-17H2. The number of carbonyl (C=O) groups is 1. The molecule has 0 atom stereocenters. The van der Waals surface area contributed by atoms with E-state index in [0.717, 1.165) is 63.7 Å². The molecule has 3 aliphatic heterocycles. The van der Waals surface area contributed by atoms with E-state index < -0.39 is 0 Å². The van der Waals surface area contributed by atoms with Crippen LogP contribution in [0.5, 0.6) is 0 Å². The van der Waals surface area contributed by atoms with Crippen molar-refractivity contribution in [2.24, 2.45) is 0 Å². The molecule has 4 aliphatic rings. The van der Waals surface area contributed by atoms with Crippen molar-refractivity contribution in [2.75, 3.05) is 44.2 Å². The Bertz CT molecular complexity index is 698. The Balaban J connectivity index is 1.06. The lowest BCUT2D eigenvalue weighted by Crippen LogP contribution is -2.47. The van der Waals surface area contributed by atoms with E-state index in [1.165, 1.54) is 45.2 Å². The third-order valence-electron chi connectivity index (χ3n) is 7.61. The third kappa shape index (κ3) is 4.50. The Labute approximate surface area is 180 Å². The Kier molecular flexibility index (Phi) is 6.23. The minimum Gasteiger partial charge on any atom is -0.375 e. The van der Waals surface area contributed by atoms with Crippen molar-refractivity contribution < 1.29 is 9.53 Å². The highest BCUT2D eigenvalue weighted by atomic mass is 16.5. The molecule has 1 amide bonds. The van der Waals surface area contributed by atoms with Gasteiger partial charge in [-0.25, -0.2) is 4.98 Å². The number of rotatable bonds is 5. The van der Waals surface area contributed by atoms with E-state index in [4.69, 9.17) is 4.74 Å². The van der Waals surface area contributed by atoms with Crippen LogP contribution < -0.4 is 4.90 Å². The average molecular weight is 413 g/mol. The minimum atomic E-state index is 0.127. The molecule has 1 aromatic heterocycles. The van der Waals surface area contributed by atoms with Crippen molar-refractivity contribution in [3.05, 3.63) is 23.9 Å². The van der Waals surface area contributed by atoms with Crippen LogP contribution in [-0.4, -0.2) is 78.2 Å².